The van der Waals surface area contributed by atoms with Crippen LogP contribution in [0.2, 0.25) is 5.02 Å². The summed E-state index contributed by atoms with van der Waals surface area (Å²) in [5.74, 6) is 5.71. The van der Waals surface area contributed by atoms with E-state index in [1.54, 1.807) is 0 Å². The Morgan fingerprint density at radius 3 is 2.63 bits per heavy atom. The van der Waals surface area contributed by atoms with Crippen molar-refractivity contribution in [1.82, 2.24) is 5.43 Å². The van der Waals surface area contributed by atoms with Crippen LogP contribution < -0.4 is 11.3 Å². The molecule has 19 heavy (non-hydrogen) atoms. The molecule has 0 aliphatic rings. The van der Waals surface area contributed by atoms with E-state index in [1.807, 2.05) is 37.3 Å². The predicted molar refractivity (Wildman–Crippen MR) is 84.1 cm³/mol. The van der Waals surface area contributed by atoms with Gasteiger partial charge in [-0.2, -0.15) is 0 Å². The molecule has 1 unspecified atom stereocenters. The smallest absolute Gasteiger partial charge is 0.0503 e. The van der Waals surface area contributed by atoms with Gasteiger partial charge in [0.15, 0.2) is 0 Å². The number of halogens is 2. The first-order valence-electron chi connectivity index (χ1n) is 6.08. The zero-order valence-corrected chi connectivity index (χ0v) is 13.0. The molecule has 0 aliphatic carbocycles. The van der Waals surface area contributed by atoms with Gasteiger partial charge in [0.2, 0.25) is 0 Å². The highest BCUT2D eigenvalue weighted by Gasteiger charge is 2.15. The molecule has 1 atom stereocenters. The van der Waals surface area contributed by atoms with Gasteiger partial charge in [0.1, 0.15) is 0 Å². The van der Waals surface area contributed by atoms with E-state index in [-0.39, 0.29) is 6.04 Å². The summed E-state index contributed by atoms with van der Waals surface area (Å²) < 4.78 is 1.09. The van der Waals surface area contributed by atoms with Gasteiger partial charge in [0.05, 0.1) is 6.04 Å². The van der Waals surface area contributed by atoms with Crippen LogP contribution >= 0.6 is 27.5 Å². The first-order chi connectivity index (χ1) is 9.13. The molecule has 2 aromatic carbocycles. The van der Waals surface area contributed by atoms with Crippen LogP contribution in [0.4, 0.5) is 0 Å². The second-order valence-electron chi connectivity index (χ2n) is 4.47. The van der Waals surface area contributed by atoms with Crippen LogP contribution in [0.5, 0.6) is 0 Å². The van der Waals surface area contributed by atoms with E-state index in [4.69, 9.17) is 17.4 Å². The van der Waals surface area contributed by atoms with E-state index >= 15 is 0 Å². The Hall–Kier alpha value is -0.870. The molecule has 3 N–H and O–H groups in total. The molecule has 0 spiro atoms. The highest BCUT2D eigenvalue weighted by atomic mass is 79.9. The Balaban J connectivity index is 2.31. The second kappa shape index (κ2) is 6.53. The fourth-order valence-electron chi connectivity index (χ4n) is 2.14. The van der Waals surface area contributed by atoms with E-state index in [2.05, 4.69) is 33.5 Å². The maximum absolute atomic E-state index is 6.17. The molecule has 0 heterocycles. The monoisotopic (exact) mass is 338 g/mol. The van der Waals surface area contributed by atoms with E-state index < -0.39 is 0 Å². The fourth-order valence-corrected chi connectivity index (χ4v) is 2.77. The van der Waals surface area contributed by atoms with E-state index in [1.165, 1.54) is 5.56 Å². The summed E-state index contributed by atoms with van der Waals surface area (Å²) in [7, 11) is 0. The van der Waals surface area contributed by atoms with Crippen LogP contribution in [-0.2, 0) is 6.42 Å². The van der Waals surface area contributed by atoms with Crippen molar-refractivity contribution in [3.63, 3.8) is 0 Å². The molecule has 0 saturated carbocycles. The van der Waals surface area contributed by atoms with Crippen molar-refractivity contribution in [2.24, 2.45) is 5.84 Å². The van der Waals surface area contributed by atoms with Gasteiger partial charge in [-0.1, -0.05) is 57.9 Å². The number of benzene rings is 2. The molecule has 2 nitrogen and oxygen atoms in total. The summed E-state index contributed by atoms with van der Waals surface area (Å²) >= 11 is 9.74. The minimum Gasteiger partial charge on any atom is -0.271 e. The molecule has 0 radical (unpaired) electrons. The first kappa shape index (κ1) is 14.5. The maximum atomic E-state index is 6.17. The number of rotatable bonds is 4. The highest BCUT2D eigenvalue weighted by Crippen LogP contribution is 2.28. The topological polar surface area (TPSA) is 38.0 Å². The Labute approximate surface area is 127 Å². The molecule has 0 fully saturated rings. The van der Waals surface area contributed by atoms with Gasteiger partial charge in [-0.15, -0.1) is 0 Å². The molecule has 100 valence electrons. The summed E-state index contributed by atoms with van der Waals surface area (Å²) in [5, 5.41) is 0.768. The van der Waals surface area contributed by atoms with Crippen molar-refractivity contribution in [3.8, 4) is 0 Å². The van der Waals surface area contributed by atoms with Gasteiger partial charge in [0, 0.05) is 9.50 Å². The first-order valence-corrected chi connectivity index (χ1v) is 7.25. The average Bonchev–Trinajstić information content (AvgIpc) is 2.41. The van der Waals surface area contributed by atoms with Gasteiger partial charge < -0.3 is 0 Å². The van der Waals surface area contributed by atoms with Gasteiger partial charge in [-0.3, -0.25) is 11.3 Å². The normalized spacial score (nSPS) is 12.4. The van der Waals surface area contributed by atoms with Crippen molar-refractivity contribution in [3.05, 3.63) is 68.7 Å². The lowest BCUT2D eigenvalue weighted by atomic mass is 9.96. The summed E-state index contributed by atoms with van der Waals surface area (Å²) in [4.78, 5) is 0. The molecule has 0 saturated heterocycles. The van der Waals surface area contributed by atoms with E-state index in [0.29, 0.717) is 0 Å². The third-order valence-electron chi connectivity index (χ3n) is 3.27. The average molecular weight is 340 g/mol. The van der Waals surface area contributed by atoms with E-state index in [9.17, 15) is 0 Å². The molecule has 2 aromatic rings. The number of hydrogen-bond donors (Lipinski definition) is 2. The van der Waals surface area contributed by atoms with Crippen LogP contribution in [0.3, 0.4) is 0 Å². The van der Waals surface area contributed by atoms with Crippen molar-refractivity contribution in [2.45, 2.75) is 19.4 Å². The van der Waals surface area contributed by atoms with Crippen LogP contribution in [0.15, 0.2) is 46.9 Å². The van der Waals surface area contributed by atoms with Crippen LogP contribution in [0.1, 0.15) is 22.7 Å². The summed E-state index contributed by atoms with van der Waals surface area (Å²) in [6, 6.07) is 14.1. The summed E-state index contributed by atoms with van der Waals surface area (Å²) in [6.07, 6.45) is 0.805. The molecule has 0 aliphatic heterocycles. The van der Waals surface area contributed by atoms with Crippen molar-refractivity contribution in [1.29, 1.82) is 0 Å². The zero-order valence-electron chi connectivity index (χ0n) is 10.7. The number of hydrazine groups is 1. The quantitative estimate of drug-likeness (QED) is 0.648. The molecule has 0 bridgehead atoms. The van der Waals surface area contributed by atoms with Crippen molar-refractivity contribution >= 4 is 27.5 Å². The third-order valence-corrected chi connectivity index (χ3v) is 4.45. The molecule has 2 rings (SSSR count). The van der Waals surface area contributed by atoms with Gasteiger partial charge in [-0.25, -0.2) is 0 Å². The number of nitrogens with one attached hydrogen (secondary N) is 1. The lowest BCUT2D eigenvalue weighted by molar-refractivity contribution is 0.548. The van der Waals surface area contributed by atoms with Gasteiger partial charge in [-0.05, 0) is 42.2 Å². The Bertz CT molecular complexity index is 572. The standard InChI is InChI=1S/C15H16BrClN2/c1-10-12(6-4-8-14(10)17)15(19-18)9-11-5-2-3-7-13(11)16/h2-8,15,19H,9,18H2,1H3. The molecule has 0 aromatic heterocycles. The van der Waals surface area contributed by atoms with Crippen LogP contribution in [0, 0.1) is 6.92 Å². The molecule has 4 heteroatoms. The summed E-state index contributed by atoms with van der Waals surface area (Å²) in [5.41, 5.74) is 6.29. The predicted octanol–water partition coefficient (Wildman–Crippen LogP) is 4.16. The van der Waals surface area contributed by atoms with Crippen LogP contribution in [0.25, 0.3) is 0 Å². The largest absolute Gasteiger partial charge is 0.271 e. The van der Waals surface area contributed by atoms with Gasteiger partial charge in [0.25, 0.3) is 0 Å². The Kier molecular flexibility index (Phi) is 4.99. The lowest BCUT2D eigenvalue weighted by Crippen LogP contribution is -2.30. The highest BCUT2D eigenvalue weighted by molar-refractivity contribution is 9.10. The third kappa shape index (κ3) is 3.37. The van der Waals surface area contributed by atoms with Gasteiger partial charge >= 0.3 is 0 Å². The molecule has 0 amide bonds. The lowest BCUT2D eigenvalue weighted by Gasteiger charge is -2.20. The molecular weight excluding hydrogens is 324 g/mol. The minimum atomic E-state index is 0.0393. The number of hydrogen-bond acceptors (Lipinski definition) is 2. The fraction of sp³-hybridized carbons (Fsp3) is 0.200. The minimum absolute atomic E-state index is 0.0393. The second-order valence-corrected chi connectivity index (χ2v) is 5.73. The Morgan fingerprint density at radius 2 is 1.95 bits per heavy atom. The molecular formula is C15H16BrClN2. The zero-order chi connectivity index (χ0) is 13.8. The van der Waals surface area contributed by atoms with E-state index in [0.717, 1.165) is 27.0 Å². The summed E-state index contributed by atoms with van der Waals surface area (Å²) in [6.45, 7) is 2.02. The van der Waals surface area contributed by atoms with Crippen molar-refractivity contribution in [2.75, 3.05) is 0 Å². The Morgan fingerprint density at radius 1 is 1.21 bits per heavy atom. The number of nitrogens with two attached hydrogens (primary N) is 1. The maximum Gasteiger partial charge on any atom is 0.0503 e. The SMILES string of the molecule is Cc1c(Cl)cccc1C(Cc1ccccc1Br)NN. The van der Waals surface area contributed by atoms with Crippen LogP contribution in [-0.4, -0.2) is 0 Å². The van der Waals surface area contributed by atoms with Crippen molar-refractivity contribution < 1.29 is 0 Å².